The third-order valence-electron chi connectivity index (χ3n) is 6.19. The zero-order valence-electron chi connectivity index (χ0n) is 15.1. The van der Waals surface area contributed by atoms with Crippen LogP contribution in [0.1, 0.15) is 24.2 Å². The summed E-state index contributed by atoms with van der Waals surface area (Å²) in [6.07, 6.45) is 4.47. The summed E-state index contributed by atoms with van der Waals surface area (Å²) >= 11 is 1.80. The summed E-state index contributed by atoms with van der Waals surface area (Å²) in [6.45, 7) is 4.58. The molecule has 138 valence electrons. The zero-order valence-corrected chi connectivity index (χ0v) is 15.9. The van der Waals surface area contributed by atoms with Crippen molar-refractivity contribution in [3.63, 3.8) is 0 Å². The molecule has 6 rings (SSSR count). The van der Waals surface area contributed by atoms with Gasteiger partial charge in [-0.3, -0.25) is 4.90 Å². The predicted octanol–water partition coefficient (Wildman–Crippen LogP) is 3.89. The third-order valence-corrected chi connectivity index (χ3v) is 7.09. The molecule has 5 nitrogen and oxygen atoms in total. The van der Waals surface area contributed by atoms with Gasteiger partial charge in [0.1, 0.15) is 5.82 Å². The van der Waals surface area contributed by atoms with Gasteiger partial charge in [0.15, 0.2) is 11.5 Å². The molecule has 2 aromatic heterocycles. The third kappa shape index (κ3) is 2.43. The Kier molecular flexibility index (Phi) is 3.40. The summed E-state index contributed by atoms with van der Waals surface area (Å²) in [5, 5.41) is 2.14. The van der Waals surface area contributed by atoms with Crippen molar-refractivity contribution in [2.45, 2.75) is 31.3 Å². The largest absolute Gasteiger partial charge is 0.454 e. The summed E-state index contributed by atoms with van der Waals surface area (Å²) in [5.74, 6) is 3.02. The zero-order chi connectivity index (χ0) is 17.8. The van der Waals surface area contributed by atoms with Crippen molar-refractivity contribution in [2.24, 2.45) is 0 Å². The maximum absolute atomic E-state index is 5.53. The number of aromatic nitrogens is 2. The number of fused-ring (bicyclic) bond motifs is 3. The Morgan fingerprint density at radius 3 is 2.96 bits per heavy atom. The molecule has 3 aliphatic rings. The second-order valence-corrected chi connectivity index (χ2v) is 8.72. The lowest BCUT2D eigenvalue weighted by Crippen LogP contribution is -2.29. The van der Waals surface area contributed by atoms with Gasteiger partial charge >= 0.3 is 0 Å². The maximum atomic E-state index is 5.53. The quantitative estimate of drug-likeness (QED) is 0.692. The number of ether oxygens (including phenoxy) is 2. The molecule has 0 radical (unpaired) electrons. The van der Waals surface area contributed by atoms with Gasteiger partial charge in [-0.15, -0.1) is 11.3 Å². The normalized spacial score (nSPS) is 23.4. The topological polar surface area (TPSA) is 39.5 Å². The molecule has 1 saturated heterocycles. The fourth-order valence-electron chi connectivity index (χ4n) is 4.86. The Morgan fingerprint density at radius 1 is 1.11 bits per heavy atom. The molecule has 1 atom stereocenters. The number of imidazole rings is 1. The van der Waals surface area contributed by atoms with Crippen molar-refractivity contribution in [1.29, 1.82) is 0 Å². The average Bonchev–Trinajstić information content (AvgIpc) is 3.47. The van der Waals surface area contributed by atoms with E-state index in [0.717, 1.165) is 37.7 Å². The second-order valence-electron chi connectivity index (χ2n) is 7.77. The number of hydrogen-bond donors (Lipinski definition) is 0. The van der Waals surface area contributed by atoms with E-state index in [1.165, 1.54) is 34.8 Å². The number of likely N-dealkylation sites (tertiary alicyclic amines) is 1. The Bertz CT molecular complexity index is 997. The van der Waals surface area contributed by atoms with Crippen molar-refractivity contribution in [1.82, 2.24) is 14.5 Å². The SMILES string of the molecule is c1csc(-c2cnc3n2CC[C@@]32CCN(Cc3ccc4c(c3)OCO4)C2)c1. The van der Waals surface area contributed by atoms with Gasteiger partial charge in [0, 0.05) is 25.0 Å². The molecular formula is C21H21N3O2S. The van der Waals surface area contributed by atoms with E-state index in [1.54, 1.807) is 11.3 Å². The number of nitrogens with zero attached hydrogens (tertiary/aromatic N) is 3. The molecule has 0 bridgehead atoms. The first-order chi connectivity index (χ1) is 13.3. The molecule has 0 unspecified atom stereocenters. The predicted molar refractivity (Wildman–Crippen MR) is 104 cm³/mol. The lowest BCUT2D eigenvalue weighted by Gasteiger charge is -2.22. The Hall–Kier alpha value is -2.31. The molecule has 0 amide bonds. The molecule has 1 aromatic carbocycles. The van der Waals surface area contributed by atoms with E-state index >= 15 is 0 Å². The van der Waals surface area contributed by atoms with E-state index in [1.807, 2.05) is 6.07 Å². The molecule has 1 spiro atoms. The van der Waals surface area contributed by atoms with Crippen LogP contribution in [0.4, 0.5) is 0 Å². The van der Waals surface area contributed by atoms with Gasteiger partial charge < -0.3 is 14.0 Å². The first-order valence-electron chi connectivity index (χ1n) is 9.52. The minimum absolute atomic E-state index is 0.214. The number of benzene rings is 1. The van der Waals surface area contributed by atoms with Crippen LogP contribution in [0.5, 0.6) is 11.5 Å². The molecule has 0 N–H and O–H groups in total. The van der Waals surface area contributed by atoms with Crippen LogP contribution in [0.3, 0.4) is 0 Å². The summed E-state index contributed by atoms with van der Waals surface area (Å²) < 4.78 is 13.4. The number of hydrogen-bond acceptors (Lipinski definition) is 5. The van der Waals surface area contributed by atoms with Crippen molar-refractivity contribution < 1.29 is 9.47 Å². The summed E-state index contributed by atoms with van der Waals surface area (Å²) in [4.78, 5) is 8.77. The van der Waals surface area contributed by atoms with Crippen LogP contribution < -0.4 is 9.47 Å². The number of thiophene rings is 1. The second kappa shape index (κ2) is 5.84. The highest BCUT2D eigenvalue weighted by Gasteiger charge is 2.46. The molecule has 27 heavy (non-hydrogen) atoms. The summed E-state index contributed by atoms with van der Waals surface area (Å²) in [7, 11) is 0. The lowest BCUT2D eigenvalue weighted by atomic mass is 9.85. The van der Waals surface area contributed by atoms with Crippen molar-refractivity contribution >= 4 is 11.3 Å². The molecule has 3 aromatic rings. The van der Waals surface area contributed by atoms with E-state index in [4.69, 9.17) is 14.5 Å². The average molecular weight is 379 g/mol. The fourth-order valence-corrected chi connectivity index (χ4v) is 5.61. The fraction of sp³-hybridized carbons (Fsp3) is 0.381. The lowest BCUT2D eigenvalue weighted by molar-refractivity contribution is 0.174. The van der Waals surface area contributed by atoms with Gasteiger partial charge in [0.25, 0.3) is 0 Å². The van der Waals surface area contributed by atoms with Crippen LogP contribution in [0, 0.1) is 0 Å². The maximum Gasteiger partial charge on any atom is 0.231 e. The highest BCUT2D eigenvalue weighted by atomic mass is 32.1. The highest BCUT2D eigenvalue weighted by Crippen LogP contribution is 2.45. The van der Waals surface area contributed by atoms with Gasteiger partial charge in [0.05, 0.1) is 16.8 Å². The van der Waals surface area contributed by atoms with Crippen LogP contribution in [-0.2, 0) is 18.5 Å². The Balaban J connectivity index is 1.23. The van der Waals surface area contributed by atoms with E-state index in [0.29, 0.717) is 6.79 Å². The van der Waals surface area contributed by atoms with Gasteiger partial charge in [-0.1, -0.05) is 12.1 Å². The molecule has 0 saturated carbocycles. The van der Waals surface area contributed by atoms with E-state index in [9.17, 15) is 0 Å². The molecule has 6 heteroatoms. The Morgan fingerprint density at radius 2 is 2.04 bits per heavy atom. The van der Waals surface area contributed by atoms with Crippen LogP contribution >= 0.6 is 11.3 Å². The highest BCUT2D eigenvalue weighted by molar-refractivity contribution is 7.13. The van der Waals surface area contributed by atoms with Gasteiger partial charge in [-0.25, -0.2) is 4.98 Å². The molecule has 3 aliphatic heterocycles. The van der Waals surface area contributed by atoms with Gasteiger partial charge in [0.2, 0.25) is 6.79 Å². The summed E-state index contributed by atoms with van der Waals surface area (Å²) in [6, 6.07) is 10.6. The summed E-state index contributed by atoms with van der Waals surface area (Å²) in [5.41, 5.74) is 2.79. The number of rotatable bonds is 3. The van der Waals surface area contributed by atoms with Crippen LogP contribution in [0.25, 0.3) is 10.6 Å². The smallest absolute Gasteiger partial charge is 0.231 e. The monoisotopic (exact) mass is 379 g/mol. The van der Waals surface area contributed by atoms with E-state index in [2.05, 4.69) is 45.3 Å². The molecule has 0 aliphatic carbocycles. The molecule has 5 heterocycles. The van der Waals surface area contributed by atoms with Crippen LogP contribution in [-0.4, -0.2) is 34.3 Å². The van der Waals surface area contributed by atoms with Crippen LogP contribution in [0.15, 0.2) is 41.9 Å². The standard InChI is InChI=1S/C21H21N3O2S/c1-2-19(27-9-1)16-11-22-20-21(6-8-24(16)20)5-7-23(13-21)12-15-3-4-17-18(10-15)26-14-25-17/h1-4,9-11H,5-8,12-14H2/t21-/m1/s1. The van der Waals surface area contributed by atoms with Crippen molar-refractivity contribution in [3.8, 4) is 22.1 Å². The van der Waals surface area contributed by atoms with E-state index < -0.39 is 0 Å². The first kappa shape index (κ1) is 15.7. The van der Waals surface area contributed by atoms with E-state index in [-0.39, 0.29) is 5.41 Å². The van der Waals surface area contributed by atoms with Crippen molar-refractivity contribution in [3.05, 3.63) is 53.3 Å². The Labute approximate surface area is 162 Å². The minimum Gasteiger partial charge on any atom is -0.454 e. The molecule has 1 fully saturated rings. The van der Waals surface area contributed by atoms with Gasteiger partial charge in [-0.05, 0) is 48.5 Å². The first-order valence-corrected chi connectivity index (χ1v) is 10.4. The van der Waals surface area contributed by atoms with Gasteiger partial charge in [-0.2, -0.15) is 0 Å². The minimum atomic E-state index is 0.214. The van der Waals surface area contributed by atoms with Crippen molar-refractivity contribution in [2.75, 3.05) is 19.9 Å². The van der Waals surface area contributed by atoms with Crippen LogP contribution in [0.2, 0.25) is 0 Å². The molecular weight excluding hydrogens is 358 g/mol.